The first kappa shape index (κ1) is 21.2. The Morgan fingerprint density at radius 3 is 2.44 bits per heavy atom. The molecule has 1 saturated carbocycles. The van der Waals surface area contributed by atoms with Gasteiger partial charge in [-0.2, -0.15) is 4.98 Å². The number of oxazole rings is 1. The molecule has 0 bridgehead atoms. The molecule has 3 aromatic heterocycles. The number of nitrogens with zero attached hydrogens (tertiary/aromatic N) is 6. The summed E-state index contributed by atoms with van der Waals surface area (Å²) in [4.78, 5) is 32.2. The number of rotatable bonds is 3. The molecule has 8 nitrogen and oxygen atoms in total. The van der Waals surface area contributed by atoms with Crippen molar-refractivity contribution < 1.29 is 18.0 Å². The minimum atomic E-state index is -2.57. The molecule has 1 spiro atoms. The van der Waals surface area contributed by atoms with Crippen LogP contribution in [0.4, 0.5) is 20.6 Å². The molecule has 10 heteroatoms. The van der Waals surface area contributed by atoms with Crippen LogP contribution in [0, 0.1) is 19.3 Å². The normalized spacial score (nSPS) is 21.0. The van der Waals surface area contributed by atoms with E-state index in [1.54, 1.807) is 11.1 Å². The van der Waals surface area contributed by atoms with Crippen molar-refractivity contribution in [2.45, 2.75) is 32.6 Å². The molecule has 3 fully saturated rings. The number of carbonyl (C=O) groups is 1. The van der Waals surface area contributed by atoms with Gasteiger partial charge in [-0.25, -0.2) is 18.7 Å². The zero-order chi connectivity index (χ0) is 23.7. The third-order valence-electron chi connectivity index (χ3n) is 7.55. The summed E-state index contributed by atoms with van der Waals surface area (Å²) in [6.45, 7) is 6.71. The van der Waals surface area contributed by atoms with Crippen LogP contribution in [0.3, 0.4) is 0 Å². The maximum absolute atomic E-state index is 13.9. The topological polar surface area (TPSA) is 78.6 Å². The van der Waals surface area contributed by atoms with E-state index in [0.717, 1.165) is 11.3 Å². The summed E-state index contributed by atoms with van der Waals surface area (Å²) in [6.07, 6.45) is 2.13. The summed E-state index contributed by atoms with van der Waals surface area (Å²) >= 11 is 0. The number of fused-ring (bicyclic) bond motifs is 1. The van der Waals surface area contributed by atoms with E-state index in [1.807, 2.05) is 41.8 Å². The zero-order valence-corrected chi connectivity index (χ0v) is 19.2. The zero-order valence-electron chi connectivity index (χ0n) is 19.2. The third-order valence-corrected chi connectivity index (χ3v) is 7.55. The van der Waals surface area contributed by atoms with Crippen LogP contribution in [0.5, 0.6) is 0 Å². The lowest BCUT2D eigenvalue weighted by Crippen LogP contribution is -2.70. The van der Waals surface area contributed by atoms with Crippen LogP contribution in [0.2, 0.25) is 0 Å². The largest absolute Gasteiger partial charge is 0.422 e. The Balaban J connectivity index is 1.10. The van der Waals surface area contributed by atoms with Gasteiger partial charge in [-0.15, -0.1) is 0 Å². The molecule has 0 N–H and O–H groups in total. The van der Waals surface area contributed by atoms with Gasteiger partial charge in [0.2, 0.25) is 5.65 Å². The number of piperazine rings is 1. The minimum Gasteiger partial charge on any atom is -0.422 e. The number of halogens is 2. The van der Waals surface area contributed by atoms with Gasteiger partial charge < -0.3 is 19.1 Å². The van der Waals surface area contributed by atoms with E-state index in [-0.39, 0.29) is 12.3 Å². The molecular weight excluding hydrogens is 442 g/mol. The standard InChI is InChI=1S/C24H26F2N6O2/c1-15-11-19(32-13-23(14-32)5-6-24(23,25)26)27-12-17(15)21(33)30-7-9-31(10-8-30)22-29-20-18(34-22)4-3-16(2)28-20/h3-4,11-12H,5-10,13-14H2,1-2H3. The Hall–Kier alpha value is -3.30. The molecule has 34 heavy (non-hydrogen) atoms. The van der Waals surface area contributed by atoms with Crippen LogP contribution in [0.15, 0.2) is 28.8 Å². The van der Waals surface area contributed by atoms with Crippen molar-refractivity contribution in [2.75, 3.05) is 49.1 Å². The molecular formula is C24H26F2N6O2. The van der Waals surface area contributed by atoms with Crippen molar-refractivity contribution in [3.63, 3.8) is 0 Å². The predicted molar refractivity (Wildman–Crippen MR) is 122 cm³/mol. The molecule has 2 saturated heterocycles. The molecule has 1 aliphatic carbocycles. The Labute approximate surface area is 195 Å². The minimum absolute atomic E-state index is 0.0169. The van der Waals surface area contributed by atoms with Gasteiger partial charge in [0.1, 0.15) is 5.82 Å². The number of hydrogen-bond acceptors (Lipinski definition) is 7. The fourth-order valence-corrected chi connectivity index (χ4v) is 5.15. The molecule has 3 aliphatic rings. The quantitative estimate of drug-likeness (QED) is 0.583. The van der Waals surface area contributed by atoms with Crippen molar-refractivity contribution in [1.82, 2.24) is 19.9 Å². The van der Waals surface area contributed by atoms with Gasteiger partial charge in [0, 0.05) is 57.6 Å². The van der Waals surface area contributed by atoms with E-state index in [1.165, 1.54) is 0 Å². The summed E-state index contributed by atoms with van der Waals surface area (Å²) in [5, 5.41) is 0. The van der Waals surface area contributed by atoms with E-state index in [9.17, 15) is 13.6 Å². The van der Waals surface area contributed by atoms with Crippen molar-refractivity contribution in [1.29, 1.82) is 0 Å². The lowest BCUT2D eigenvalue weighted by atomic mass is 9.60. The van der Waals surface area contributed by atoms with E-state index in [4.69, 9.17) is 4.42 Å². The second-order valence-electron chi connectivity index (χ2n) is 9.75. The summed E-state index contributed by atoms with van der Waals surface area (Å²) in [5.41, 5.74) is 2.59. The summed E-state index contributed by atoms with van der Waals surface area (Å²) in [7, 11) is 0. The van der Waals surface area contributed by atoms with Gasteiger partial charge >= 0.3 is 0 Å². The maximum atomic E-state index is 13.9. The maximum Gasteiger partial charge on any atom is 0.300 e. The van der Waals surface area contributed by atoms with Gasteiger partial charge in [0.25, 0.3) is 17.8 Å². The summed E-state index contributed by atoms with van der Waals surface area (Å²) < 4.78 is 33.6. The number of hydrogen-bond donors (Lipinski definition) is 0. The highest BCUT2D eigenvalue weighted by Crippen LogP contribution is 2.59. The van der Waals surface area contributed by atoms with E-state index in [0.29, 0.717) is 74.3 Å². The Kier molecular flexibility index (Phi) is 4.59. The monoisotopic (exact) mass is 468 g/mol. The van der Waals surface area contributed by atoms with E-state index < -0.39 is 11.3 Å². The van der Waals surface area contributed by atoms with Gasteiger partial charge in [0.05, 0.1) is 11.0 Å². The molecule has 3 aromatic rings. The molecule has 2 aliphatic heterocycles. The van der Waals surface area contributed by atoms with Crippen molar-refractivity contribution in [2.24, 2.45) is 5.41 Å². The number of carbonyl (C=O) groups excluding carboxylic acids is 1. The highest BCUT2D eigenvalue weighted by atomic mass is 19.3. The van der Waals surface area contributed by atoms with Crippen LogP contribution in [0.25, 0.3) is 11.2 Å². The second-order valence-corrected chi connectivity index (χ2v) is 9.75. The van der Waals surface area contributed by atoms with Crippen molar-refractivity contribution in [3.05, 3.63) is 41.2 Å². The molecule has 1 amide bonds. The van der Waals surface area contributed by atoms with Crippen molar-refractivity contribution >= 4 is 29.0 Å². The molecule has 0 aromatic carbocycles. The third kappa shape index (κ3) is 3.22. The number of aromatic nitrogens is 3. The number of aryl methyl sites for hydroxylation is 2. The van der Waals surface area contributed by atoms with Crippen LogP contribution in [0.1, 0.15) is 34.5 Å². The lowest BCUT2D eigenvalue weighted by Gasteiger charge is -2.60. The Morgan fingerprint density at radius 1 is 1.03 bits per heavy atom. The first-order chi connectivity index (χ1) is 16.2. The van der Waals surface area contributed by atoms with Crippen molar-refractivity contribution in [3.8, 4) is 0 Å². The van der Waals surface area contributed by atoms with Crippen LogP contribution < -0.4 is 9.80 Å². The average Bonchev–Trinajstić information content (AvgIpc) is 3.20. The predicted octanol–water partition coefficient (Wildman–Crippen LogP) is 3.43. The fraction of sp³-hybridized carbons (Fsp3) is 0.500. The molecule has 0 unspecified atom stereocenters. The second kappa shape index (κ2) is 7.35. The number of pyridine rings is 2. The summed E-state index contributed by atoms with van der Waals surface area (Å²) in [5.74, 6) is -1.98. The fourth-order valence-electron chi connectivity index (χ4n) is 5.15. The lowest BCUT2D eigenvalue weighted by molar-refractivity contribution is -0.212. The Bertz CT molecular complexity index is 1280. The van der Waals surface area contributed by atoms with Crippen LogP contribution in [-0.4, -0.2) is 71.0 Å². The average molecular weight is 469 g/mol. The smallest absolute Gasteiger partial charge is 0.300 e. The van der Waals surface area contributed by atoms with Crippen LogP contribution in [-0.2, 0) is 0 Å². The molecule has 6 rings (SSSR count). The van der Waals surface area contributed by atoms with Gasteiger partial charge in [0.15, 0.2) is 5.58 Å². The Morgan fingerprint density at radius 2 is 1.79 bits per heavy atom. The van der Waals surface area contributed by atoms with Crippen LogP contribution >= 0.6 is 0 Å². The van der Waals surface area contributed by atoms with Gasteiger partial charge in [-0.05, 0) is 44.0 Å². The highest BCUT2D eigenvalue weighted by Gasteiger charge is 2.67. The summed E-state index contributed by atoms with van der Waals surface area (Å²) in [6, 6.07) is 6.11. The number of alkyl halides is 2. The molecule has 0 radical (unpaired) electrons. The van der Waals surface area contributed by atoms with Gasteiger partial charge in [-0.3, -0.25) is 4.79 Å². The highest BCUT2D eigenvalue weighted by molar-refractivity contribution is 5.95. The molecule has 178 valence electrons. The van der Waals surface area contributed by atoms with Gasteiger partial charge in [-0.1, -0.05) is 0 Å². The van der Waals surface area contributed by atoms with E-state index >= 15 is 0 Å². The molecule has 0 atom stereocenters. The SMILES string of the molecule is Cc1ccc2oc(N3CCN(C(=O)c4cnc(N5CC6(CCC6(F)F)C5)cc4C)CC3)nc2n1. The van der Waals surface area contributed by atoms with E-state index in [2.05, 4.69) is 15.0 Å². The number of amides is 1. The first-order valence-electron chi connectivity index (χ1n) is 11.6. The molecule has 5 heterocycles. The first-order valence-corrected chi connectivity index (χ1v) is 11.6. The number of anilines is 2.